The number of aromatic carboxylic acids is 1. The zero-order chi connectivity index (χ0) is 10.8. The molecule has 15 heavy (non-hydrogen) atoms. The second-order valence-corrected chi connectivity index (χ2v) is 2.59. The van der Waals surface area contributed by atoms with E-state index in [0.29, 0.717) is 0 Å². The van der Waals surface area contributed by atoms with Crippen molar-refractivity contribution in [2.24, 2.45) is 0 Å². The summed E-state index contributed by atoms with van der Waals surface area (Å²) in [6.07, 6.45) is 0.972. The second kappa shape index (κ2) is 3.45. The Labute approximate surface area is 82.4 Å². The zero-order valence-electron chi connectivity index (χ0n) is 7.22. The van der Waals surface area contributed by atoms with Crippen molar-refractivity contribution in [3.05, 3.63) is 30.0 Å². The van der Waals surface area contributed by atoms with Gasteiger partial charge < -0.3 is 9.63 Å². The highest BCUT2D eigenvalue weighted by Crippen LogP contribution is 2.13. The van der Waals surface area contributed by atoms with Gasteiger partial charge in [-0.1, -0.05) is 0 Å². The Morgan fingerprint density at radius 2 is 2.27 bits per heavy atom. The predicted molar refractivity (Wildman–Crippen MR) is 44.4 cm³/mol. The van der Waals surface area contributed by atoms with Gasteiger partial charge in [-0.2, -0.15) is 4.98 Å². The maximum atomic E-state index is 12.5. The lowest BCUT2D eigenvalue weighted by Crippen LogP contribution is -1.98. The van der Waals surface area contributed by atoms with Gasteiger partial charge >= 0.3 is 5.97 Å². The van der Waals surface area contributed by atoms with Crippen molar-refractivity contribution in [3.63, 3.8) is 0 Å². The molecule has 0 radical (unpaired) electrons. The Bertz CT molecular complexity index is 494. The summed E-state index contributed by atoms with van der Waals surface area (Å²) in [7, 11) is 0. The van der Waals surface area contributed by atoms with Gasteiger partial charge in [-0.3, -0.25) is 0 Å². The molecule has 7 heteroatoms. The maximum absolute atomic E-state index is 12.5. The molecule has 0 aliphatic rings. The summed E-state index contributed by atoms with van der Waals surface area (Å²) >= 11 is 0. The van der Waals surface area contributed by atoms with E-state index in [1.54, 1.807) is 0 Å². The number of rotatable bonds is 2. The van der Waals surface area contributed by atoms with E-state index in [4.69, 9.17) is 5.11 Å². The van der Waals surface area contributed by atoms with E-state index in [-0.39, 0.29) is 11.6 Å². The van der Waals surface area contributed by atoms with Crippen LogP contribution in [0.2, 0.25) is 0 Å². The van der Waals surface area contributed by atoms with Crippen LogP contribution >= 0.6 is 0 Å². The first kappa shape index (κ1) is 9.25. The molecule has 0 spiro atoms. The summed E-state index contributed by atoms with van der Waals surface area (Å²) in [5.74, 6) is -2.33. The van der Waals surface area contributed by atoms with Crippen LogP contribution in [0.3, 0.4) is 0 Å². The lowest BCUT2D eigenvalue weighted by molar-refractivity contribution is 0.0680. The average molecular weight is 209 g/mol. The van der Waals surface area contributed by atoms with Gasteiger partial charge in [0.05, 0.1) is 6.20 Å². The van der Waals surface area contributed by atoms with Crippen molar-refractivity contribution in [1.82, 2.24) is 15.1 Å². The average Bonchev–Trinajstić information content (AvgIpc) is 2.68. The monoisotopic (exact) mass is 209 g/mol. The van der Waals surface area contributed by atoms with Crippen LogP contribution in [0.4, 0.5) is 4.39 Å². The SMILES string of the molecule is O=C(O)c1noc(-c2ccc(F)cn2)n1. The first-order valence-electron chi connectivity index (χ1n) is 3.86. The molecule has 0 aliphatic carbocycles. The number of hydrogen-bond donors (Lipinski definition) is 1. The van der Waals surface area contributed by atoms with E-state index < -0.39 is 17.6 Å². The van der Waals surface area contributed by atoms with Crippen LogP contribution in [0, 0.1) is 5.82 Å². The van der Waals surface area contributed by atoms with Crippen molar-refractivity contribution in [3.8, 4) is 11.6 Å². The highest BCUT2D eigenvalue weighted by molar-refractivity contribution is 5.83. The predicted octanol–water partition coefficient (Wildman–Crippen LogP) is 0.969. The largest absolute Gasteiger partial charge is 0.475 e. The van der Waals surface area contributed by atoms with E-state index >= 15 is 0 Å². The number of pyridine rings is 1. The Hall–Kier alpha value is -2.31. The molecule has 2 aromatic heterocycles. The van der Waals surface area contributed by atoms with Crippen LogP contribution in [0.15, 0.2) is 22.9 Å². The van der Waals surface area contributed by atoms with Gasteiger partial charge in [-0.25, -0.2) is 14.2 Å². The third kappa shape index (κ3) is 1.80. The van der Waals surface area contributed by atoms with Gasteiger partial charge in [0, 0.05) is 0 Å². The number of halogens is 1. The lowest BCUT2D eigenvalue weighted by Gasteiger charge is -1.90. The van der Waals surface area contributed by atoms with Gasteiger partial charge in [0.15, 0.2) is 0 Å². The Balaban J connectivity index is 2.37. The van der Waals surface area contributed by atoms with Crippen molar-refractivity contribution >= 4 is 5.97 Å². The molecule has 0 unspecified atom stereocenters. The van der Waals surface area contributed by atoms with Gasteiger partial charge in [-0.05, 0) is 17.3 Å². The van der Waals surface area contributed by atoms with Crippen LogP contribution < -0.4 is 0 Å². The molecule has 0 saturated heterocycles. The normalized spacial score (nSPS) is 10.2. The topological polar surface area (TPSA) is 89.1 Å². The van der Waals surface area contributed by atoms with Crippen LogP contribution in [0.1, 0.15) is 10.6 Å². The summed E-state index contributed by atoms with van der Waals surface area (Å²) in [6.45, 7) is 0. The molecule has 0 aromatic carbocycles. The third-order valence-corrected chi connectivity index (χ3v) is 1.56. The van der Waals surface area contributed by atoms with E-state index in [0.717, 1.165) is 12.3 Å². The highest BCUT2D eigenvalue weighted by atomic mass is 19.1. The minimum atomic E-state index is -1.30. The maximum Gasteiger partial charge on any atom is 0.377 e. The molecule has 0 fully saturated rings. The van der Waals surface area contributed by atoms with Crippen LogP contribution in [0.25, 0.3) is 11.6 Å². The van der Waals surface area contributed by atoms with Crippen LogP contribution in [0.5, 0.6) is 0 Å². The number of carboxylic acids is 1. The van der Waals surface area contributed by atoms with Gasteiger partial charge in [0.25, 0.3) is 11.7 Å². The third-order valence-electron chi connectivity index (χ3n) is 1.56. The van der Waals surface area contributed by atoms with Crippen LogP contribution in [-0.4, -0.2) is 26.2 Å². The fourth-order valence-electron chi connectivity index (χ4n) is 0.917. The number of nitrogens with zero attached hydrogens (tertiary/aromatic N) is 3. The standard InChI is InChI=1S/C8H4FN3O3/c9-4-1-2-5(10-3-4)7-11-6(8(13)14)12-15-7/h1-3H,(H,13,14). The van der Waals surface area contributed by atoms with E-state index in [2.05, 4.69) is 19.6 Å². The summed E-state index contributed by atoms with van der Waals surface area (Å²) < 4.78 is 17.1. The van der Waals surface area contributed by atoms with Gasteiger partial charge in [-0.15, -0.1) is 0 Å². The van der Waals surface area contributed by atoms with Crippen LogP contribution in [-0.2, 0) is 0 Å². The lowest BCUT2D eigenvalue weighted by atomic mass is 10.3. The highest BCUT2D eigenvalue weighted by Gasteiger charge is 2.14. The van der Waals surface area contributed by atoms with E-state index in [1.807, 2.05) is 0 Å². The van der Waals surface area contributed by atoms with Crippen molar-refractivity contribution in [2.75, 3.05) is 0 Å². The van der Waals surface area contributed by atoms with Crippen molar-refractivity contribution in [1.29, 1.82) is 0 Å². The second-order valence-electron chi connectivity index (χ2n) is 2.59. The quantitative estimate of drug-likeness (QED) is 0.792. The Morgan fingerprint density at radius 1 is 1.47 bits per heavy atom. The minimum absolute atomic E-state index is 0.0626. The molecule has 76 valence electrons. The molecule has 0 aliphatic heterocycles. The van der Waals surface area contributed by atoms with Crippen molar-refractivity contribution in [2.45, 2.75) is 0 Å². The molecule has 6 nitrogen and oxygen atoms in total. The van der Waals surface area contributed by atoms with E-state index in [9.17, 15) is 9.18 Å². The Morgan fingerprint density at radius 3 is 2.80 bits per heavy atom. The first-order chi connectivity index (χ1) is 7.16. The molecule has 1 N–H and O–H groups in total. The fraction of sp³-hybridized carbons (Fsp3) is 0. The van der Waals surface area contributed by atoms with Gasteiger partial charge in [0.1, 0.15) is 11.5 Å². The summed E-state index contributed by atoms with van der Waals surface area (Å²) in [5, 5.41) is 11.7. The molecular weight excluding hydrogens is 205 g/mol. The first-order valence-corrected chi connectivity index (χ1v) is 3.86. The molecule has 0 amide bonds. The smallest absolute Gasteiger partial charge is 0.377 e. The summed E-state index contributed by atoms with van der Waals surface area (Å²) in [6, 6.07) is 2.47. The number of aromatic nitrogens is 3. The van der Waals surface area contributed by atoms with Gasteiger partial charge in [0.2, 0.25) is 0 Å². The molecule has 0 bridgehead atoms. The molecule has 2 aromatic rings. The molecule has 0 atom stereocenters. The molecule has 0 saturated carbocycles. The summed E-state index contributed by atoms with van der Waals surface area (Å²) in [4.78, 5) is 17.6. The van der Waals surface area contributed by atoms with E-state index in [1.165, 1.54) is 6.07 Å². The summed E-state index contributed by atoms with van der Waals surface area (Å²) in [5.41, 5.74) is 0.219. The number of carbonyl (C=O) groups is 1. The Kier molecular flexibility index (Phi) is 2.13. The fourth-order valence-corrected chi connectivity index (χ4v) is 0.917. The zero-order valence-corrected chi connectivity index (χ0v) is 7.22. The molecule has 2 heterocycles. The number of hydrogen-bond acceptors (Lipinski definition) is 5. The minimum Gasteiger partial charge on any atom is -0.475 e. The number of carboxylic acid groups (broad SMARTS) is 1. The molecule has 2 rings (SSSR count). The van der Waals surface area contributed by atoms with Crippen molar-refractivity contribution < 1.29 is 18.8 Å². The molecular formula is C8H4FN3O3.